The monoisotopic (exact) mass is 378 g/mol. The highest BCUT2D eigenvalue weighted by Gasteiger charge is 2.74. The van der Waals surface area contributed by atoms with Crippen LogP contribution in [0.3, 0.4) is 0 Å². The Labute approximate surface area is 154 Å². The van der Waals surface area contributed by atoms with Gasteiger partial charge in [-0.3, -0.25) is 0 Å². The van der Waals surface area contributed by atoms with Crippen LogP contribution in [-0.2, 0) is 42.9 Å². The number of carbonyl (C=O) groups excluding carboxylic acids is 4. The predicted molar refractivity (Wildman–Crippen MR) is 84.7 cm³/mol. The van der Waals surface area contributed by atoms with Gasteiger partial charge in [-0.05, 0) is 0 Å². The fourth-order valence-corrected chi connectivity index (χ4v) is 5.11. The second kappa shape index (κ2) is 5.91. The lowest BCUT2D eigenvalue weighted by Gasteiger charge is -2.49. The molecule has 0 aromatic rings. The zero-order valence-corrected chi connectivity index (χ0v) is 15.1. The fourth-order valence-electron chi connectivity index (χ4n) is 5.11. The Bertz CT molecular complexity index is 704. The number of rotatable bonds is 4. The number of esters is 4. The third-order valence-corrected chi connectivity index (χ3v) is 6.04. The smallest absolute Gasteiger partial charge is 0.334 e. The van der Waals surface area contributed by atoms with Gasteiger partial charge in [0.25, 0.3) is 0 Å². The maximum absolute atomic E-state index is 12.2. The number of methoxy groups -OCH3 is 4. The Kier molecular flexibility index (Phi) is 3.88. The van der Waals surface area contributed by atoms with Gasteiger partial charge in [0.1, 0.15) is 0 Å². The van der Waals surface area contributed by atoms with Crippen LogP contribution in [0.2, 0.25) is 0 Å². The molecule has 0 radical (unpaired) electrons. The van der Waals surface area contributed by atoms with Crippen molar-refractivity contribution in [3.8, 4) is 0 Å². The number of carbonyl (C=O) groups is 4. The van der Waals surface area contributed by atoms with Crippen LogP contribution < -0.4 is 0 Å². The van der Waals surface area contributed by atoms with Crippen molar-refractivity contribution in [2.24, 2.45) is 23.7 Å². The van der Waals surface area contributed by atoms with Crippen LogP contribution in [0.4, 0.5) is 0 Å². The Balaban J connectivity index is 1.76. The van der Waals surface area contributed by atoms with Crippen LogP contribution in [0.25, 0.3) is 0 Å². The van der Waals surface area contributed by atoms with E-state index in [1.165, 1.54) is 28.4 Å². The highest BCUT2D eigenvalue weighted by molar-refractivity contribution is 6.07. The number of hydrogen-bond acceptors (Lipinski definition) is 9. The molecular weight excluding hydrogens is 360 g/mol. The van der Waals surface area contributed by atoms with Crippen molar-refractivity contribution in [2.45, 2.75) is 12.2 Å². The van der Waals surface area contributed by atoms with Crippen molar-refractivity contribution in [2.75, 3.05) is 28.4 Å². The van der Waals surface area contributed by atoms with Crippen LogP contribution in [0.5, 0.6) is 0 Å². The van der Waals surface area contributed by atoms with E-state index in [9.17, 15) is 19.2 Å². The molecule has 6 atom stereocenters. The summed E-state index contributed by atoms with van der Waals surface area (Å²) in [5, 5.41) is 0. The van der Waals surface area contributed by atoms with E-state index in [0.717, 1.165) is 0 Å². The lowest BCUT2D eigenvalue weighted by atomic mass is 9.49. The molecule has 0 amide bonds. The fraction of sp³-hybridized carbons (Fsp3) is 0.556. The molecule has 0 spiro atoms. The third-order valence-electron chi connectivity index (χ3n) is 6.04. The van der Waals surface area contributed by atoms with Crippen LogP contribution in [-0.4, -0.2) is 64.5 Å². The quantitative estimate of drug-likeness (QED) is 0.474. The lowest BCUT2D eigenvalue weighted by molar-refractivity contribution is -0.145. The van der Waals surface area contributed by atoms with Gasteiger partial charge in [-0.1, -0.05) is 0 Å². The van der Waals surface area contributed by atoms with Gasteiger partial charge in [0.2, 0.25) is 0 Å². The van der Waals surface area contributed by atoms with Gasteiger partial charge in [0.05, 0.1) is 62.9 Å². The van der Waals surface area contributed by atoms with Gasteiger partial charge >= 0.3 is 23.9 Å². The maximum Gasteiger partial charge on any atom is 0.334 e. The van der Waals surface area contributed by atoms with E-state index in [-0.39, 0.29) is 22.3 Å². The molecule has 2 bridgehead atoms. The van der Waals surface area contributed by atoms with Crippen molar-refractivity contribution < 1.29 is 42.9 Å². The molecule has 2 aliphatic carbocycles. The first-order valence-electron chi connectivity index (χ1n) is 8.39. The van der Waals surface area contributed by atoms with Crippen molar-refractivity contribution >= 4 is 23.9 Å². The molecule has 144 valence electrons. The van der Waals surface area contributed by atoms with Crippen LogP contribution >= 0.6 is 0 Å². The highest BCUT2D eigenvalue weighted by atomic mass is 16.5. The lowest BCUT2D eigenvalue weighted by Crippen LogP contribution is -2.57. The summed E-state index contributed by atoms with van der Waals surface area (Å²) in [5.41, 5.74) is 0.874. The molecule has 2 unspecified atom stereocenters. The SMILES string of the molecule is COC(=O)C1=C(C(=O)OC)[C@H]2C3OC([C@@H]12)[C@@H]1C(C(=O)OC)=C(C(=O)OC)[C@H]31. The minimum atomic E-state index is -0.625. The summed E-state index contributed by atoms with van der Waals surface area (Å²) in [7, 11) is 4.92. The summed E-state index contributed by atoms with van der Waals surface area (Å²) < 4.78 is 25.3. The third kappa shape index (κ3) is 1.97. The molecule has 0 aromatic heterocycles. The van der Waals surface area contributed by atoms with Gasteiger partial charge in [-0.15, -0.1) is 0 Å². The van der Waals surface area contributed by atoms with Crippen molar-refractivity contribution in [3.05, 3.63) is 22.3 Å². The molecule has 0 saturated carbocycles. The number of hydrogen-bond donors (Lipinski definition) is 0. The Hall–Kier alpha value is -2.68. The summed E-state index contributed by atoms with van der Waals surface area (Å²) in [4.78, 5) is 48.9. The van der Waals surface area contributed by atoms with Crippen LogP contribution in [0, 0.1) is 23.7 Å². The second-order valence-electron chi connectivity index (χ2n) is 6.79. The van der Waals surface area contributed by atoms with E-state index in [2.05, 4.69) is 0 Å². The normalized spacial score (nSPS) is 34.8. The largest absolute Gasteiger partial charge is 0.466 e. The molecule has 9 nitrogen and oxygen atoms in total. The molecule has 4 rings (SSSR count). The predicted octanol–water partition coefficient (Wildman–Crippen LogP) is -0.455. The molecule has 4 aliphatic rings. The van der Waals surface area contributed by atoms with Crippen LogP contribution in [0.1, 0.15) is 0 Å². The van der Waals surface area contributed by atoms with E-state index >= 15 is 0 Å². The Morgan fingerprint density at radius 3 is 0.963 bits per heavy atom. The van der Waals surface area contributed by atoms with Gasteiger partial charge in [-0.2, -0.15) is 0 Å². The van der Waals surface area contributed by atoms with Crippen molar-refractivity contribution in [1.82, 2.24) is 0 Å². The van der Waals surface area contributed by atoms with Crippen molar-refractivity contribution in [1.29, 1.82) is 0 Å². The Morgan fingerprint density at radius 1 is 0.556 bits per heavy atom. The highest BCUT2D eigenvalue weighted by Crippen LogP contribution is 2.68. The van der Waals surface area contributed by atoms with E-state index in [4.69, 9.17) is 23.7 Å². The summed E-state index contributed by atoms with van der Waals surface area (Å²) in [6.45, 7) is 0. The summed E-state index contributed by atoms with van der Waals surface area (Å²) in [5.74, 6) is -4.07. The van der Waals surface area contributed by atoms with E-state index in [0.29, 0.717) is 0 Å². The average Bonchev–Trinajstić information content (AvgIpc) is 3.08. The number of ether oxygens (including phenoxy) is 5. The molecule has 0 N–H and O–H groups in total. The molecule has 27 heavy (non-hydrogen) atoms. The average molecular weight is 378 g/mol. The zero-order valence-electron chi connectivity index (χ0n) is 15.1. The molecule has 2 saturated heterocycles. The maximum atomic E-state index is 12.2. The number of fused-ring (bicyclic) bond motifs is 8. The molecule has 0 aromatic carbocycles. The van der Waals surface area contributed by atoms with Crippen LogP contribution in [0.15, 0.2) is 22.3 Å². The first-order valence-corrected chi connectivity index (χ1v) is 8.39. The molecule has 9 heteroatoms. The topological polar surface area (TPSA) is 114 Å². The van der Waals surface area contributed by atoms with E-state index in [1.54, 1.807) is 0 Å². The van der Waals surface area contributed by atoms with E-state index in [1.807, 2.05) is 0 Å². The molecular formula is C18H18O9. The standard InChI is InChI=1S/C18H18O9/c1-23-15(19)9-5-6(10(9)16(20)24-2)14-8-7(13(5)27-14)11(17(21)25-3)12(8)18(22)26-4/h5-8,13-14H,1-4H3/t5-,6+,7+,8-,13?,14?. The van der Waals surface area contributed by atoms with Gasteiger partial charge in [-0.25, -0.2) is 19.2 Å². The zero-order chi connectivity index (χ0) is 19.6. The summed E-state index contributed by atoms with van der Waals surface area (Å²) in [6, 6.07) is 0. The molecule has 2 heterocycles. The molecule has 2 aliphatic heterocycles. The summed E-state index contributed by atoms with van der Waals surface area (Å²) >= 11 is 0. The first-order chi connectivity index (χ1) is 12.9. The second-order valence-corrected chi connectivity index (χ2v) is 6.79. The van der Waals surface area contributed by atoms with Crippen molar-refractivity contribution in [3.63, 3.8) is 0 Å². The Morgan fingerprint density at radius 2 is 0.778 bits per heavy atom. The van der Waals surface area contributed by atoms with E-state index < -0.39 is 59.8 Å². The molecule has 2 fully saturated rings. The minimum Gasteiger partial charge on any atom is -0.466 e. The first kappa shape index (κ1) is 17.7. The minimum absolute atomic E-state index is 0.219. The van der Waals surface area contributed by atoms with Gasteiger partial charge < -0.3 is 23.7 Å². The van der Waals surface area contributed by atoms with Gasteiger partial charge in [0, 0.05) is 23.7 Å². The van der Waals surface area contributed by atoms with Gasteiger partial charge in [0.15, 0.2) is 0 Å². The summed E-state index contributed by atoms with van der Waals surface area (Å²) in [6.07, 6.45) is -1.04.